The second-order valence-electron chi connectivity index (χ2n) is 3.27. The first-order chi connectivity index (χ1) is 4.27. The van der Waals surface area contributed by atoms with Crippen molar-refractivity contribution in [2.45, 2.75) is 20.3 Å². The zero-order valence-electron chi connectivity index (χ0n) is 6.02. The molecule has 2 unspecified atom stereocenters. The molecule has 0 radical (unpaired) electrons. The molecule has 0 aromatic carbocycles. The Bertz CT molecular complexity index is 174. The van der Waals surface area contributed by atoms with Crippen molar-refractivity contribution in [3.05, 3.63) is 23.3 Å². The van der Waals surface area contributed by atoms with Gasteiger partial charge in [-0.05, 0) is 32.1 Å². The minimum absolute atomic E-state index is 0.815. The summed E-state index contributed by atoms with van der Waals surface area (Å²) in [5.41, 5.74) is 3.18. The van der Waals surface area contributed by atoms with Gasteiger partial charge < -0.3 is 0 Å². The largest absolute Gasteiger partial charge is 0.0778 e. The van der Waals surface area contributed by atoms with E-state index < -0.39 is 0 Å². The summed E-state index contributed by atoms with van der Waals surface area (Å²) in [5.74, 6) is 1.63. The summed E-state index contributed by atoms with van der Waals surface area (Å²) in [4.78, 5) is 0. The fourth-order valence-corrected chi connectivity index (χ4v) is 1.93. The van der Waals surface area contributed by atoms with Crippen LogP contribution in [0.25, 0.3) is 0 Å². The molecule has 48 valence electrons. The van der Waals surface area contributed by atoms with Crippen LogP contribution in [-0.4, -0.2) is 0 Å². The Kier molecular flexibility index (Phi) is 0.879. The van der Waals surface area contributed by atoms with E-state index in [1.807, 2.05) is 0 Å². The maximum atomic E-state index is 2.42. The first-order valence-electron chi connectivity index (χ1n) is 3.64. The predicted molar refractivity (Wildman–Crippen MR) is 39.1 cm³/mol. The highest BCUT2D eigenvalue weighted by atomic mass is 14.3. The van der Waals surface area contributed by atoms with Crippen molar-refractivity contribution in [3.63, 3.8) is 0 Å². The molecule has 0 amide bonds. The summed E-state index contributed by atoms with van der Waals surface area (Å²) in [6.45, 7) is 4.49. The van der Waals surface area contributed by atoms with E-state index in [0.717, 1.165) is 11.8 Å². The van der Waals surface area contributed by atoms with Gasteiger partial charge in [0.25, 0.3) is 0 Å². The Morgan fingerprint density at radius 3 is 1.78 bits per heavy atom. The zero-order valence-corrected chi connectivity index (χ0v) is 6.02. The van der Waals surface area contributed by atoms with Crippen molar-refractivity contribution in [3.8, 4) is 0 Å². The van der Waals surface area contributed by atoms with Crippen LogP contribution in [0.4, 0.5) is 0 Å². The highest BCUT2D eigenvalue weighted by molar-refractivity contribution is 5.33. The van der Waals surface area contributed by atoms with E-state index in [-0.39, 0.29) is 0 Å². The van der Waals surface area contributed by atoms with E-state index >= 15 is 0 Å². The van der Waals surface area contributed by atoms with Gasteiger partial charge in [0.1, 0.15) is 0 Å². The maximum Gasteiger partial charge on any atom is -0.00144 e. The van der Waals surface area contributed by atoms with E-state index in [4.69, 9.17) is 0 Å². The van der Waals surface area contributed by atoms with Crippen LogP contribution in [0.3, 0.4) is 0 Å². The lowest BCUT2D eigenvalue weighted by molar-refractivity contribution is 0.700. The average Bonchev–Trinajstić information content (AvgIpc) is 2.24. The highest BCUT2D eigenvalue weighted by Crippen LogP contribution is 2.41. The van der Waals surface area contributed by atoms with Crippen molar-refractivity contribution in [1.29, 1.82) is 0 Å². The topological polar surface area (TPSA) is 0 Å². The Morgan fingerprint density at radius 2 is 1.56 bits per heavy atom. The molecule has 0 nitrogen and oxygen atoms in total. The molecular formula is C9H12. The Hall–Kier alpha value is -0.520. The minimum Gasteiger partial charge on any atom is -0.0778 e. The molecule has 0 heterocycles. The monoisotopic (exact) mass is 120 g/mol. The number of allylic oxidation sites excluding steroid dienone is 4. The summed E-state index contributed by atoms with van der Waals surface area (Å²) in [6.07, 6.45) is 6.21. The summed E-state index contributed by atoms with van der Waals surface area (Å²) in [7, 11) is 0. The first kappa shape index (κ1) is 5.28. The van der Waals surface area contributed by atoms with Crippen molar-refractivity contribution in [1.82, 2.24) is 0 Å². The summed E-state index contributed by atoms with van der Waals surface area (Å²) in [5, 5.41) is 0. The lowest BCUT2D eigenvalue weighted by Gasteiger charge is -2.04. The van der Waals surface area contributed by atoms with Crippen LogP contribution in [0.5, 0.6) is 0 Å². The summed E-state index contributed by atoms with van der Waals surface area (Å²) >= 11 is 0. The molecule has 0 aromatic heterocycles. The predicted octanol–water partition coefficient (Wildman–Crippen LogP) is 2.53. The number of hydrogen-bond acceptors (Lipinski definition) is 0. The molecule has 0 heteroatoms. The van der Waals surface area contributed by atoms with Crippen molar-refractivity contribution in [2.24, 2.45) is 11.8 Å². The Balaban J connectivity index is 2.34. The van der Waals surface area contributed by atoms with E-state index in [9.17, 15) is 0 Å². The van der Waals surface area contributed by atoms with Crippen LogP contribution in [0, 0.1) is 11.8 Å². The van der Waals surface area contributed by atoms with Gasteiger partial charge in [0, 0.05) is 0 Å². The molecule has 0 saturated carbocycles. The smallest absolute Gasteiger partial charge is 0.00144 e. The lowest BCUT2D eigenvalue weighted by atomic mass is 10.0. The maximum absolute atomic E-state index is 2.42. The number of hydrogen-bond donors (Lipinski definition) is 0. The van der Waals surface area contributed by atoms with Crippen LogP contribution in [0.1, 0.15) is 20.3 Å². The molecule has 0 aromatic rings. The number of rotatable bonds is 0. The first-order valence-corrected chi connectivity index (χ1v) is 3.64. The Labute approximate surface area is 56.3 Å². The molecular weight excluding hydrogens is 108 g/mol. The van der Waals surface area contributed by atoms with Crippen LogP contribution < -0.4 is 0 Å². The van der Waals surface area contributed by atoms with Crippen LogP contribution in [-0.2, 0) is 0 Å². The molecule has 2 atom stereocenters. The zero-order chi connectivity index (χ0) is 6.43. The lowest BCUT2D eigenvalue weighted by Crippen LogP contribution is -1.88. The summed E-state index contributed by atoms with van der Waals surface area (Å²) < 4.78 is 0. The SMILES string of the molecule is CC1=CC2CC1C=C2C. The molecule has 2 bridgehead atoms. The van der Waals surface area contributed by atoms with Crippen LogP contribution in [0.2, 0.25) is 0 Å². The van der Waals surface area contributed by atoms with E-state index in [1.165, 1.54) is 6.42 Å². The number of fused-ring (bicyclic) bond motifs is 2. The second kappa shape index (κ2) is 1.50. The van der Waals surface area contributed by atoms with Crippen molar-refractivity contribution >= 4 is 0 Å². The highest BCUT2D eigenvalue weighted by Gasteiger charge is 2.28. The van der Waals surface area contributed by atoms with E-state index in [0.29, 0.717) is 0 Å². The molecule has 2 rings (SSSR count). The average molecular weight is 120 g/mol. The molecule has 2 aliphatic carbocycles. The van der Waals surface area contributed by atoms with Gasteiger partial charge in [0.15, 0.2) is 0 Å². The van der Waals surface area contributed by atoms with Gasteiger partial charge in [-0.15, -0.1) is 0 Å². The molecule has 0 spiro atoms. The second-order valence-corrected chi connectivity index (χ2v) is 3.27. The van der Waals surface area contributed by atoms with Crippen molar-refractivity contribution < 1.29 is 0 Å². The molecule has 0 fully saturated rings. The third-order valence-electron chi connectivity index (χ3n) is 2.61. The van der Waals surface area contributed by atoms with Crippen LogP contribution >= 0.6 is 0 Å². The quantitative estimate of drug-likeness (QED) is 0.431. The van der Waals surface area contributed by atoms with Crippen molar-refractivity contribution in [2.75, 3.05) is 0 Å². The van der Waals surface area contributed by atoms with Crippen LogP contribution in [0.15, 0.2) is 23.3 Å². The molecule has 0 saturated heterocycles. The third kappa shape index (κ3) is 0.592. The normalized spacial score (nSPS) is 38.9. The van der Waals surface area contributed by atoms with Gasteiger partial charge in [-0.3, -0.25) is 0 Å². The molecule has 0 N–H and O–H groups in total. The van der Waals surface area contributed by atoms with Gasteiger partial charge >= 0.3 is 0 Å². The standard InChI is InChI=1S/C9H12/c1-6-3-9-5-8(6)4-7(9)2/h3-4,8-9H,5H2,1-2H3. The van der Waals surface area contributed by atoms with E-state index in [1.54, 1.807) is 11.1 Å². The molecule has 0 aliphatic heterocycles. The van der Waals surface area contributed by atoms with Gasteiger partial charge in [-0.1, -0.05) is 23.3 Å². The molecule has 9 heavy (non-hydrogen) atoms. The Morgan fingerprint density at radius 1 is 1.11 bits per heavy atom. The minimum atomic E-state index is 0.815. The van der Waals surface area contributed by atoms with E-state index in [2.05, 4.69) is 26.0 Å². The third-order valence-corrected chi connectivity index (χ3v) is 2.61. The van der Waals surface area contributed by atoms with Gasteiger partial charge in [0.2, 0.25) is 0 Å². The van der Waals surface area contributed by atoms with Gasteiger partial charge in [-0.2, -0.15) is 0 Å². The fraction of sp³-hybridized carbons (Fsp3) is 0.556. The molecule has 2 aliphatic rings. The fourth-order valence-electron chi connectivity index (χ4n) is 1.93. The summed E-state index contributed by atoms with van der Waals surface area (Å²) in [6, 6.07) is 0. The van der Waals surface area contributed by atoms with Gasteiger partial charge in [-0.25, -0.2) is 0 Å². The van der Waals surface area contributed by atoms with Gasteiger partial charge in [0.05, 0.1) is 0 Å².